The predicted molar refractivity (Wildman–Crippen MR) is 124 cm³/mol. The Bertz CT molecular complexity index is 1240. The number of hydrogen-bond acceptors (Lipinski definition) is 8. The molecule has 0 atom stereocenters. The molecule has 3 aromatic rings. The van der Waals surface area contributed by atoms with Gasteiger partial charge in [0.2, 0.25) is 0 Å². The summed E-state index contributed by atoms with van der Waals surface area (Å²) in [5.74, 6) is -1.52. The molecular weight excluding hydrogens is 442 g/mol. The molecular formula is C24H19N3O7. The van der Waals surface area contributed by atoms with E-state index in [-0.39, 0.29) is 11.3 Å². The largest absolute Gasteiger partial charge is 0.465 e. The number of aliphatic imine (C=N–C) groups is 1. The van der Waals surface area contributed by atoms with E-state index in [2.05, 4.69) is 9.73 Å². The second-order valence-electron chi connectivity index (χ2n) is 6.80. The van der Waals surface area contributed by atoms with Crippen molar-refractivity contribution in [3.05, 3.63) is 99.6 Å². The molecule has 0 unspecified atom stereocenters. The third-order valence-electron chi connectivity index (χ3n) is 4.72. The van der Waals surface area contributed by atoms with Gasteiger partial charge >= 0.3 is 11.9 Å². The van der Waals surface area contributed by atoms with E-state index in [1.165, 1.54) is 74.0 Å². The number of ether oxygens (including phenoxy) is 2. The molecule has 10 heteroatoms. The first-order valence-corrected chi connectivity index (χ1v) is 9.83. The van der Waals surface area contributed by atoms with Crippen LogP contribution in [0.1, 0.15) is 31.1 Å². The molecule has 0 bridgehead atoms. The number of carbonyl (C=O) groups is 3. The molecule has 0 saturated heterocycles. The van der Waals surface area contributed by atoms with E-state index >= 15 is 0 Å². The highest BCUT2D eigenvalue weighted by Crippen LogP contribution is 2.21. The highest BCUT2D eigenvalue weighted by molar-refractivity contribution is 6.16. The molecule has 172 valence electrons. The number of hydrogen-bond donors (Lipinski definition) is 0. The van der Waals surface area contributed by atoms with Gasteiger partial charge in [-0.2, -0.15) is 0 Å². The molecule has 0 radical (unpaired) electrons. The van der Waals surface area contributed by atoms with Crippen LogP contribution in [-0.4, -0.2) is 43.3 Å². The van der Waals surface area contributed by atoms with Crippen LogP contribution in [0.25, 0.3) is 0 Å². The number of nitrogens with zero attached hydrogens (tertiary/aromatic N) is 3. The summed E-state index contributed by atoms with van der Waals surface area (Å²) in [6, 6.07) is 17.5. The third kappa shape index (κ3) is 5.49. The van der Waals surface area contributed by atoms with Crippen LogP contribution in [0, 0.1) is 10.1 Å². The molecule has 0 aliphatic carbocycles. The second kappa shape index (κ2) is 10.6. The van der Waals surface area contributed by atoms with Crippen LogP contribution in [0.4, 0.5) is 17.1 Å². The minimum absolute atomic E-state index is 0.148. The van der Waals surface area contributed by atoms with Crippen LogP contribution in [-0.2, 0) is 9.47 Å². The van der Waals surface area contributed by atoms with Gasteiger partial charge in [-0.15, -0.1) is 0 Å². The highest BCUT2D eigenvalue weighted by Gasteiger charge is 2.18. The van der Waals surface area contributed by atoms with E-state index in [4.69, 9.17) is 4.74 Å². The lowest BCUT2D eigenvalue weighted by Gasteiger charge is -2.18. The molecule has 0 aliphatic heterocycles. The van der Waals surface area contributed by atoms with Gasteiger partial charge in [0, 0.05) is 17.7 Å². The van der Waals surface area contributed by atoms with Gasteiger partial charge < -0.3 is 9.47 Å². The molecule has 1 amide bonds. The lowest BCUT2D eigenvalue weighted by atomic mass is 10.1. The Kier molecular flexibility index (Phi) is 7.45. The van der Waals surface area contributed by atoms with Crippen molar-refractivity contribution >= 4 is 41.2 Å². The fraction of sp³-hybridized carbons (Fsp3) is 0.0833. The Morgan fingerprint density at radius 3 is 1.74 bits per heavy atom. The molecule has 0 aliphatic rings. The van der Waals surface area contributed by atoms with Crippen LogP contribution >= 0.6 is 0 Å². The van der Waals surface area contributed by atoms with Crippen LogP contribution in [0.15, 0.2) is 77.8 Å². The van der Waals surface area contributed by atoms with Crippen molar-refractivity contribution in [3.8, 4) is 0 Å². The zero-order valence-corrected chi connectivity index (χ0v) is 18.2. The quantitative estimate of drug-likeness (QED) is 0.170. The average molecular weight is 461 g/mol. The zero-order valence-electron chi connectivity index (χ0n) is 18.2. The van der Waals surface area contributed by atoms with E-state index in [1.54, 1.807) is 24.3 Å². The first-order chi connectivity index (χ1) is 16.3. The van der Waals surface area contributed by atoms with Crippen LogP contribution < -0.4 is 4.90 Å². The molecule has 0 aromatic heterocycles. The summed E-state index contributed by atoms with van der Waals surface area (Å²) in [7, 11) is 2.54. The summed E-state index contributed by atoms with van der Waals surface area (Å²) < 4.78 is 9.36. The van der Waals surface area contributed by atoms with Crippen molar-refractivity contribution in [1.29, 1.82) is 0 Å². The van der Waals surface area contributed by atoms with Gasteiger partial charge in [0.05, 0.1) is 41.6 Å². The van der Waals surface area contributed by atoms with Gasteiger partial charge in [-0.25, -0.2) is 14.6 Å². The lowest BCUT2D eigenvalue weighted by molar-refractivity contribution is -0.384. The summed E-state index contributed by atoms with van der Waals surface area (Å²) in [6.45, 7) is 0. The van der Waals surface area contributed by atoms with Crippen molar-refractivity contribution in [1.82, 2.24) is 0 Å². The third-order valence-corrected chi connectivity index (χ3v) is 4.72. The van der Waals surface area contributed by atoms with Crippen molar-refractivity contribution in [2.75, 3.05) is 19.1 Å². The van der Waals surface area contributed by atoms with Crippen LogP contribution in [0.3, 0.4) is 0 Å². The van der Waals surface area contributed by atoms with E-state index in [0.717, 1.165) is 0 Å². The average Bonchev–Trinajstić information content (AvgIpc) is 2.88. The lowest BCUT2D eigenvalue weighted by Crippen LogP contribution is -2.29. The molecule has 3 rings (SSSR count). The maximum absolute atomic E-state index is 13.2. The number of non-ortho nitro benzene ring substituents is 1. The van der Waals surface area contributed by atoms with Crippen molar-refractivity contribution in [2.45, 2.75) is 0 Å². The number of amides is 1. The SMILES string of the molecule is COC(=O)c1ccc(N=CN(C(=O)c2ccc([N+](=O)[O-])cc2)c2ccc(C(=O)OC)cc2)cc1. The van der Waals surface area contributed by atoms with Gasteiger partial charge in [0.1, 0.15) is 6.34 Å². The second-order valence-corrected chi connectivity index (χ2v) is 6.80. The van der Waals surface area contributed by atoms with Gasteiger partial charge in [-0.3, -0.25) is 19.8 Å². The van der Waals surface area contributed by atoms with Gasteiger partial charge in [0.15, 0.2) is 0 Å². The number of nitro groups is 1. The van der Waals surface area contributed by atoms with Crippen LogP contribution in [0.2, 0.25) is 0 Å². The molecule has 3 aromatic carbocycles. The summed E-state index contributed by atoms with van der Waals surface area (Å²) in [4.78, 5) is 52.4. The Morgan fingerprint density at radius 1 is 0.794 bits per heavy atom. The topological polar surface area (TPSA) is 128 Å². The maximum Gasteiger partial charge on any atom is 0.337 e. The first-order valence-electron chi connectivity index (χ1n) is 9.83. The standard InChI is InChI=1S/C24H19N3O7/c1-33-23(29)17-3-9-19(10-4-17)25-15-26(20-11-7-18(8-12-20)24(30)34-2)22(28)16-5-13-21(14-6-16)27(31)32/h3-15H,1-2H3. The van der Waals surface area contributed by atoms with Crippen molar-refractivity contribution in [2.24, 2.45) is 4.99 Å². The van der Waals surface area contributed by atoms with Gasteiger partial charge in [0.25, 0.3) is 11.6 Å². The fourth-order valence-corrected chi connectivity index (χ4v) is 2.90. The minimum Gasteiger partial charge on any atom is -0.465 e. The predicted octanol–water partition coefficient (Wildman–Crippen LogP) is 4.17. The van der Waals surface area contributed by atoms with Crippen molar-refractivity contribution < 1.29 is 28.8 Å². The Labute approximate surface area is 194 Å². The summed E-state index contributed by atoms with van der Waals surface area (Å²) >= 11 is 0. The summed E-state index contributed by atoms with van der Waals surface area (Å²) in [5.41, 5.74) is 1.54. The zero-order chi connectivity index (χ0) is 24.7. The normalized spacial score (nSPS) is 10.5. The smallest absolute Gasteiger partial charge is 0.337 e. The number of rotatable bonds is 7. The molecule has 10 nitrogen and oxygen atoms in total. The van der Waals surface area contributed by atoms with E-state index < -0.39 is 22.8 Å². The number of anilines is 1. The Morgan fingerprint density at radius 2 is 1.26 bits per heavy atom. The molecule has 0 heterocycles. The summed E-state index contributed by atoms with van der Waals surface area (Å²) in [6.07, 6.45) is 1.28. The van der Waals surface area contributed by atoms with E-state index in [1.807, 2.05) is 0 Å². The molecule has 34 heavy (non-hydrogen) atoms. The Balaban J connectivity index is 1.95. The number of benzene rings is 3. The number of carbonyl (C=O) groups excluding carboxylic acids is 3. The molecule has 0 spiro atoms. The van der Waals surface area contributed by atoms with Crippen LogP contribution in [0.5, 0.6) is 0 Å². The van der Waals surface area contributed by atoms with Gasteiger partial charge in [-0.1, -0.05) is 0 Å². The fourth-order valence-electron chi connectivity index (χ4n) is 2.90. The van der Waals surface area contributed by atoms with Gasteiger partial charge in [-0.05, 0) is 60.7 Å². The van der Waals surface area contributed by atoms with Crippen molar-refractivity contribution in [3.63, 3.8) is 0 Å². The minimum atomic E-state index is -0.559. The maximum atomic E-state index is 13.2. The van der Waals surface area contributed by atoms with E-state index in [9.17, 15) is 24.5 Å². The first kappa shape index (κ1) is 23.8. The molecule has 0 N–H and O–H groups in total. The summed E-state index contributed by atoms with van der Waals surface area (Å²) in [5, 5.41) is 10.9. The number of esters is 2. The number of nitro benzene ring substituents is 1. The monoisotopic (exact) mass is 461 g/mol. The highest BCUT2D eigenvalue weighted by atomic mass is 16.6. The molecule has 0 saturated carbocycles. The molecule has 0 fully saturated rings. The Hall–Kier alpha value is -4.86. The number of methoxy groups -OCH3 is 2. The van der Waals surface area contributed by atoms with E-state index in [0.29, 0.717) is 22.5 Å².